The van der Waals surface area contributed by atoms with Crippen LogP contribution in [0.3, 0.4) is 0 Å². The van der Waals surface area contributed by atoms with Crippen molar-refractivity contribution in [2.45, 2.75) is 64.9 Å². The number of allylic oxidation sites excluding steroid dienone is 1. The molecule has 5 N–H and O–H groups in total. The quantitative estimate of drug-likeness (QED) is 0.166. The third kappa shape index (κ3) is 10.8. The second-order valence-corrected chi connectivity index (χ2v) is 12.4. The monoisotopic (exact) mass is 635 g/mol. The Bertz CT molecular complexity index is 1590. The number of nitrogens with zero attached hydrogens (tertiary/aromatic N) is 1. The summed E-state index contributed by atoms with van der Waals surface area (Å²) in [5.41, 5.74) is 6.85. The van der Waals surface area contributed by atoms with Crippen molar-refractivity contribution in [2.75, 3.05) is 11.9 Å². The van der Waals surface area contributed by atoms with Crippen LogP contribution in [0.5, 0.6) is 0 Å². The number of nitrogens with two attached hydrogens (primary N) is 1. The van der Waals surface area contributed by atoms with Gasteiger partial charge in [0.25, 0.3) is 5.91 Å². The molecule has 0 spiro atoms. The molecule has 1 aliphatic carbocycles. The summed E-state index contributed by atoms with van der Waals surface area (Å²) in [6, 6.07) is 21.6. The summed E-state index contributed by atoms with van der Waals surface area (Å²) in [5, 5.41) is 8.93. The van der Waals surface area contributed by atoms with Crippen LogP contribution in [-0.2, 0) is 16.1 Å². The number of benzene rings is 3. The van der Waals surface area contributed by atoms with E-state index in [9.17, 15) is 22.8 Å². The summed E-state index contributed by atoms with van der Waals surface area (Å²) in [4.78, 5) is 29.7. The van der Waals surface area contributed by atoms with Crippen molar-refractivity contribution in [3.05, 3.63) is 107 Å². The normalized spacial score (nSPS) is 14.8. The molecule has 2 amide bonds. The Labute approximate surface area is 267 Å². The largest absolute Gasteiger partial charge is 0.444 e. The first-order chi connectivity index (χ1) is 21.7. The summed E-state index contributed by atoms with van der Waals surface area (Å²) in [5.74, 6) is -0.244. The Balaban J connectivity index is 1.58. The highest BCUT2D eigenvalue weighted by molar-refractivity contribution is 6.47. The second-order valence-electron chi connectivity index (χ2n) is 12.4. The number of rotatable bonds is 11. The van der Waals surface area contributed by atoms with E-state index in [0.717, 1.165) is 23.2 Å². The minimum atomic E-state index is -4.87. The maximum atomic E-state index is 13.4. The molecule has 1 aliphatic rings. The molecule has 1 fully saturated rings. The van der Waals surface area contributed by atoms with Crippen LogP contribution in [0.15, 0.2) is 89.6 Å². The number of nitrogens with one attached hydrogen (secondary N) is 3. The zero-order chi connectivity index (χ0) is 33.5. The van der Waals surface area contributed by atoms with Gasteiger partial charge in [-0.2, -0.15) is 13.2 Å². The first-order valence-corrected chi connectivity index (χ1v) is 15.1. The van der Waals surface area contributed by atoms with E-state index in [1.54, 1.807) is 57.2 Å². The van der Waals surface area contributed by atoms with Gasteiger partial charge >= 0.3 is 12.3 Å². The van der Waals surface area contributed by atoms with E-state index in [0.29, 0.717) is 23.2 Å². The van der Waals surface area contributed by atoms with Gasteiger partial charge < -0.3 is 26.4 Å². The molecular weight excluding hydrogens is 595 g/mol. The number of hydrogen-bond acceptors (Lipinski definition) is 6. The maximum Gasteiger partial charge on any atom is 0.430 e. The molecule has 8 nitrogen and oxygen atoms in total. The molecule has 4 rings (SSSR count). The van der Waals surface area contributed by atoms with E-state index >= 15 is 0 Å². The average Bonchev–Trinajstić information content (AvgIpc) is 3.80. The number of anilines is 1. The number of aliphatic imine (C=N–C) groups is 1. The van der Waals surface area contributed by atoms with Crippen LogP contribution in [0, 0.1) is 12.8 Å². The molecule has 11 heteroatoms. The van der Waals surface area contributed by atoms with E-state index < -0.39 is 35.2 Å². The fourth-order valence-electron chi connectivity index (χ4n) is 4.53. The van der Waals surface area contributed by atoms with Crippen molar-refractivity contribution in [3.63, 3.8) is 0 Å². The zero-order valence-corrected chi connectivity index (χ0v) is 26.4. The van der Waals surface area contributed by atoms with E-state index in [-0.39, 0.29) is 18.3 Å². The minimum Gasteiger partial charge on any atom is -0.444 e. The summed E-state index contributed by atoms with van der Waals surface area (Å²) in [7, 11) is 0. The topological polar surface area (TPSA) is 118 Å². The van der Waals surface area contributed by atoms with Crippen molar-refractivity contribution in [1.29, 1.82) is 0 Å². The van der Waals surface area contributed by atoms with Crippen LogP contribution >= 0.6 is 0 Å². The van der Waals surface area contributed by atoms with Crippen molar-refractivity contribution in [1.82, 2.24) is 10.6 Å². The van der Waals surface area contributed by atoms with E-state index in [4.69, 9.17) is 10.5 Å². The smallest absolute Gasteiger partial charge is 0.430 e. The van der Waals surface area contributed by atoms with Gasteiger partial charge in [0.1, 0.15) is 17.0 Å². The van der Waals surface area contributed by atoms with Crippen molar-refractivity contribution in [3.8, 4) is 0 Å². The highest BCUT2D eigenvalue weighted by Crippen LogP contribution is 2.31. The van der Waals surface area contributed by atoms with Crippen molar-refractivity contribution < 1.29 is 27.5 Å². The molecule has 1 atom stereocenters. The lowest BCUT2D eigenvalue weighted by Gasteiger charge is -2.21. The number of carbonyl (C=O) groups is 2. The Kier molecular flexibility index (Phi) is 10.9. The van der Waals surface area contributed by atoms with Gasteiger partial charge in [-0.3, -0.25) is 4.79 Å². The predicted molar refractivity (Wildman–Crippen MR) is 174 cm³/mol. The first-order valence-electron chi connectivity index (χ1n) is 15.1. The van der Waals surface area contributed by atoms with Gasteiger partial charge in [-0.05, 0) is 100 Å². The van der Waals surface area contributed by atoms with Crippen LogP contribution < -0.4 is 21.7 Å². The Morgan fingerprint density at radius 3 is 2.35 bits per heavy atom. The molecule has 0 aliphatic heterocycles. The second kappa shape index (κ2) is 14.6. The van der Waals surface area contributed by atoms with Gasteiger partial charge in [-0.15, -0.1) is 0 Å². The lowest BCUT2D eigenvalue weighted by Crippen LogP contribution is -2.32. The molecule has 3 aromatic rings. The van der Waals surface area contributed by atoms with Crippen molar-refractivity contribution in [2.24, 2.45) is 16.6 Å². The first kappa shape index (κ1) is 34.2. The fraction of sp³-hybridized carbons (Fsp3) is 0.343. The molecule has 0 saturated heterocycles. The van der Waals surface area contributed by atoms with Gasteiger partial charge in [0, 0.05) is 12.2 Å². The number of alkyl halides is 3. The number of aryl methyl sites for hydroxylation is 1. The number of alkyl carbamates (subject to hydrolysis) is 1. The van der Waals surface area contributed by atoms with Gasteiger partial charge in [0.05, 0.1) is 11.7 Å². The van der Waals surface area contributed by atoms with Crippen LogP contribution in [0.1, 0.15) is 61.9 Å². The van der Waals surface area contributed by atoms with Gasteiger partial charge in [0.15, 0.2) is 0 Å². The predicted octanol–water partition coefficient (Wildman–Crippen LogP) is 7.22. The standard InChI is InChI=1S/C35H40F3N5O3/c1-22-11-15-25(16-12-22)31(40-20-23-13-14-23)26-8-6-10-28(18-26)43-32(44)29(19-30(39)35(36,37)38)42-27-9-5-7-24(17-27)21-41-33(45)46-34(2,3)4/h5-12,15-19,23,31,40H,13-14,20-21,39H2,1-4H3,(H,41,45)(H,43,44). The molecule has 1 unspecified atom stereocenters. The van der Waals surface area contributed by atoms with Crippen LogP contribution in [0.2, 0.25) is 0 Å². The third-order valence-electron chi connectivity index (χ3n) is 7.04. The van der Waals surface area contributed by atoms with E-state index in [1.165, 1.54) is 18.9 Å². The summed E-state index contributed by atoms with van der Waals surface area (Å²) >= 11 is 0. The van der Waals surface area contributed by atoms with Crippen molar-refractivity contribution >= 4 is 29.1 Å². The number of amides is 2. The highest BCUT2D eigenvalue weighted by atomic mass is 19.4. The molecule has 0 radical (unpaired) electrons. The number of ether oxygens (including phenoxy) is 1. The maximum absolute atomic E-state index is 13.4. The van der Waals surface area contributed by atoms with E-state index in [1.807, 2.05) is 25.1 Å². The van der Waals surface area contributed by atoms with Crippen LogP contribution in [0.4, 0.5) is 29.3 Å². The van der Waals surface area contributed by atoms with Gasteiger partial charge in [-0.25, -0.2) is 9.79 Å². The number of halogens is 3. The lowest BCUT2D eigenvalue weighted by molar-refractivity contribution is -0.110. The molecule has 3 aromatic carbocycles. The summed E-state index contributed by atoms with van der Waals surface area (Å²) in [6.45, 7) is 8.14. The molecule has 0 bridgehead atoms. The molecule has 0 aromatic heterocycles. The molecular formula is C35H40F3N5O3. The highest BCUT2D eigenvalue weighted by Gasteiger charge is 2.32. The van der Waals surface area contributed by atoms with Gasteiger partial charge in [-0.1, -0.05) is 54.1 Å². The zero-order valence-electron chi connectivity index (χ0n) is 26.4. The molecule has 1 saturated carbocycles. The van der Waals surface area contributed by atoms with Gasteiger partial charge in [0.2, 0.25) is 0 Å². The number of hydrogen-bond donors (Lipinski definition) is 4. The Morgan fingerprint density at radius 1 is 1.00 bits per heavy atom. The minimum absolute atomic E-state index is 0.0735. The Hall–Kier alpha value is -4.64. The van der Waals surface area contributed by atoms with E-state index in [2.05, 4.69) is 33.1 Å². The molecule has 46 heavy (non-hydrogen) atoms. The summed E-state index contributed by atoms with van der Waals surface area (Å²) in [6.07, 6.45) is -2.62. The third-order valence-corrected chi connectivity index (χ3v) is 7.04. The molecule has 244 valence electrons. The Morgan fingerprint density at radius 2 is 1.70 bits per heavy atom. The lowest BCUT2D eigenvalue weighted by atomic mass is 9.97. The van der Waals surface area contributed by atoms with Crippen LogP contribution in [0.25, 0.3) is 0 Å². The average molecular weight is 636 g/mol. The fourth-order valence-corrected chi connectivity index (χ4v) is 4.53. The summed E-state index contributed by atoms with van der Waals surface area (Å²) < 4.78 is 45.5. The number of carbonyl (C=O) groups excluding carboxylic acids is 2. The SMILES string of the molecule is Cc1ccc(C(NCC2CC2)c2cccc(NC(=O)C(C=C(N)C(F)(F)F)=Nc3cccc(CNC(=O)OC(C)(C)C)c3)c2)cc1. The molecule has 0 heterocycles. The van der Waals surface area contributed by atoms with Crippen LogP contribution in [-0.4, -0.2) is 36.0 Å².